The molecule has 0 radical (unpaired) electrons. The summed E-state index contributed by atoms with van der Waals surface area (Å²) in [6.07, 6.45) is 2.26. The molecule has 7 nitrogen and oxygen atoms in total. The highest BCUT2D eigenvalue weighted by molar-refractivity contribution is 6.06. The molecule has 6 aromatic rings. The molecule has 2 aromatic heterocycles. The van der Waals surface area contributed by atoms with E-state index in [-0.39, 0.29) is 44.4 Å². The fraction of sp³-hybridized carbons (Fsp3) is 0.143. The van der Waals surface area contributed by atoms with E-state index in [9.17, 15) is 19.8 Å². The molecule has 6 rings (SSSR count). The van der Waals surface area contributed by atoms with Crippen molar-refractivity contribution in [2.45, 2.75) is 25.7 Å². The van der Waals surface area contributed by atoms with Gasteiger partial charge in [0.2, 0.25) is 0 Å². The lowest BCUT2D eigenvalue weighted by molar-refractivity contribution is 0.414. The van der Waals surface area contributed by atoms with Crippen LogP contribution in [0.4, 0.5) is 0 Å². The van der Waals surface area contributed by atoms with E-state index in [1.54, 1.807) is 13.2 Å². The number of fused-ring (bicyclic) bond motifs is 2. The van der Waals surface area contributed by atoms with E-state index in [1.165, 1.54) is 30.3 Å². The molecule has 0 saturated carbocycles. The van der Waals surface area contributed by atoms with Gasteiger partial charge in [0.25, 0.3) is 0 Å². The SMILES string of the molecule is COc1ccc(CCc2cc(=O)c3c(-c4c(O)ccc5oc(CCc6ccccc6)cc(=O)c45)ccc(O)c3o2)cc1. The Hall–Kier alpha value is -5.30. The van der Waals surface area contributed by atoms with Gasteiger partial charge in [-0.1, -0.05) is 42.5 Å². The van der Waals surface area contributed by atoms with Crippen LogP contribution in [0.15, 0.2) is 109 Å². The van der Waals surface area contributed by atoms with Gasteiger partial charge in [-0.3, -0.25) is 9.59 Å². The number of rotatable bonds is 8. The molecule has 0 spiro atoms. The number of benzene rings is 4. The van der Waals surface area contributed by atoms with Crippen molar-refractivity contribution in [3.05, 3.63) is 134 Å². The molecule has 4 aromatic carbocycles. The van der Waals surface area contributed by atoms with Crippen molar-refractivity contribution >= 4 is 21.9 Å². The van der Waals surface area contributed by atoms with Crippen molar-refractivity contribution in [3.8, 4) is 28.4 Å². The molecule has 0 unspecified atom stereocenters. The van der Waals surface area contributed by atoms with Crippen LogP contribution in [0.3, 0.4) is 0 Å². The van der Waals surface area contributed by atoms with Crippen molar-refractivity contribution in [1.29, 1.82) is 0 Å². The summed E-state index contributed by atoms with van der Waals surface area (Å²) in [7, 11) is 1.61. The minimum atomic E-state index is -0.396. The average molecular weight is 561 g/mol. The fourth-order valence-electron chi connectivity index (χ4n) is 5.29. The molecule has 0 amide bonds. The molecule has 2 heterocycles. The van der Waals surface area contributed by atoms with Crippen molar-refractivity contribution in [2.24, 2.45) is 0 Å². The van der Waals surface area contributed by atoms with Gasteiger partial charge in [0.15, 0.2) is 22.2 Å². The Morgan fingerprint density at radius 2 is 1.26 bits per heavy atom. The van der Waals surface area contributed by atoms with Gasteiger partial charge < -0.3 is 23.8 Å². The molecule has 0 fully saturated rings. The predicted molar refractivity (Wildman–Crippen MR) is 162 cm³/mol. The maximum Gasteiger partial charge on any atom is 0.193 e. The minimum Gasteiger partial charge on any atom is -0.507 e. The minimum absolute atomic E-state index is 0.00926. The highest BCUT2D eigenvalue weighted by Crippen LogP contribution is 2.40. The quantitative estimate of drug-likeness (QED) is 0.217. The Labute approximate surface area is 240 Å². The second kappa shape index (κ2) is 11.3. The molecule has 0 aliphatic rings. The van der Waals surface area contributed by atoms with Gasteiger partial charge in [-0.05, 0) is 60.4 Å². The summed E-state index contributed by atoms with van der Waals surface area (Å²) in [6, 6.07) is 26.2. The van der Waals surface area contributed by atoms with Crippen LogP contribution in [0.2, 0.25) is 0 Å². The molecule has 7 heteroatoms. The Bertz CT molecular complexity index is 2020. The maximum absolute atomic E-state index is 13.5. The van der Waals surface area contributed by atoms with E-state index < -0.39 is 5.43 Å². The van der Waals surface area contributed by atoms with Crippen LogP contribution in [0.25, 0.3) is 33.1 Å². The molecule has 0 bridgehead atoms. The first-order valence-corrected chi connectivity index (χ1v) is 13.7. The molecule has 0 atom stereocenters. The molecule has 2 N–H and O–H groups in total. The number of hydrogen-bond acceptors (Lipinski definition) is 7. The van der Waals surface area contributed by atoms with Crippen molar-refractivity contribution < 1.29 is 23.8 Å². The smallest absolute Gasteiger partial charge is 0.193 e. The largest absolute Gasteiger partial charge is 0.507 e. The number of aromatic hydroxyl groups is 2. The number of hydrogen-bond donors (Lipinski definition) is 2. The first-order chi connectivity index (χ1) is 20.4. The zero-order chi connectivity index (χ0) is 29.2. The summed E-state index contributed by atoms with van der Waals surface area (Å²) in [5.74, 6) is 1.27. The summed E-state index contributed by atoms with van der Waals surface area (Å²) in [4.78, 5) is 26.9. The fourth-order valence-corrected chi connectivity index (χ4v) is 5.29. The Morgan fingerprint density at radius 3 is 1.95 bits per heavy atom. The Balaban J connectivity index is 1.39. The third-order valence-corrected chi connectivity index (χ3v) is 7.42. The Kier molecular flexibility index (Phi) is 7.23. The van der Waals surface area contributed by atoms with Gasteiger partial charge in [-0.2, -0.15) is 0 Å². The van der Waals surface area contributed by atoms with Crippen LogP contribution in [0.5, 0.6) is 17.2 Å². The van der Waals surface area contributed by atoms with Gasteiger partial charge in [-0.15, -0.1) is 0 Å². The first-order valence-electron chi connectivity index (χ1n) is 13.7. The number of ether oxygens (including phenoxy) is 1. The standard InChI is InChI=1S/C35H28O7/c1-40-23-11-7-22(8-12-23)10-14-25-20-29(38)33-26(15-16-28(37)35(33)42-25)32-27(36)17-18-31-34(32)30(39)19-24(41-31)13-9-21-5-3-2-4-6-21/h2-8,11-12,15-20,36-37H,9-10,13-14H2,1H3. The third kappa shape index (κ3) is 5.24. The number of aryl methyl sites for hydroxylation is 4. The van der Waals surface area contributed by atoms with Crippen LogP contribution in [-0.4, -0.2) is 17.3 Å². The van der Waals surface area contributed by atoms with E-state index >= 15 is 0 Å². The van der Waals surface area contributed by atoms with Crippen LogP contribution in [0, 0.1) is 0 Å². The number of phenolic OH excluding ortho intramolecular Hbond substituents is 2. The third-order valence-electron chi connectivity index (χ3n) is 7.42. The summed E-state index contributed by atoms with van der Waals surface area (Å²) in [5, 5.41) is 21.8. The Morgan fingerprint density at radius 1 is 0.643 bits per heavy atom. The lowest BCUT2D eigenvalue weighted by atomic mass is 9.95. The summed E-state index contributed by atoms with van der Waals surface area (Å²) in [6.45, 7) is 0. The van der Waals surface area contributed by atoms with Gasteiger partial charge >= 0.3 is 0 Å². The average Bonchev–Trinajstić information content (AvgIpc) is 3.01. The highest BCUT2D eigenvalue weighted by Gasteiger charge is 2.21. The predicted octanol–water partition coefficient (Wildman–Crippen LogP) is 6.56. The van der Waals surface area contributed by atoms with Gasteiger partial charge in [0.05, 0.1) is 17.9 Å². The normalized spacial score (nSPS) is 11.3. The zero-order valence-electron chi connectivity index (χ0n) is 22.9. The van der Waals surface area contributed by atoms with Crippen molar-refractivity contribution in [1.82, 2.24) is 0 Å². The van der Waals surface area contributed by atoms with Gasteiger partial charge in [0, 0.05) is 36.1 Å². The molecular formula is C35H28O7. The van der Waals surface area contributed by atoms with Gasteiger partial charge in [-0.25, -0.2) is 0 Å². The molecule has 42 heavy (non-hydrogen) atoms. The highest BCUT2D eigenvalue weighted by atomic mass is 16.5. The van der Waals surface area contributed by atoms with E-state index in [1.807, 2.05) is 54.6 Å². The number of methoxy groups -OCH3 is 1. The van der Waals surface area contributed by atoms with E-state index in [0.717, 1.165) is 16.9 Å². The molecule has 0 aliphatic carbocycles. The van der Waals surface area contributed by atoms with Crippen molar-refractivity contribution in [2.75, 3.05) is 7.11 Å². The van der Waals surface area contributed by atoms with Crippen LogP contribution in [-0.2, 0) is 25.7 Å². The second-order valence-corrected chi connectivity index (χ2v) is 10.2. The summed E-state index contributed by atoms with van der Waals surface area (Å²) >= 11 is 0. The van der Waals surface area contributed by atoms with Gasteiger partial charge in [0.1, 0.15) is 28.6 Å². The summed E-state index contributed by atoms with van der Waals surface area (Å²) in [5.41, 5.74) is 2.12. The van der Waals surface area contributed by atoms with Crippen molar-refractivity contribution in [3.63, 3.8) is 0 Å². The topological polar surface area (TPSA) is 110 Å². The van der Waals surface area contributed by atoms with E-state index in [4.69, 9.17) is 13.6 Å². The monoisotopic (exact) mass is 560 g/mol. The van der Waals surface area contributed by atoms with Crippen LogP contribution < -0.4 is 15.6 Å². The first kappa shape index (κ1) is 26.9. The van der Waals surface area contributed by atoms with Crippen LogP contribution in [0.1, 0.15) is 22.6 Å². The molecular weight excluding hydrogens is 532 g/mol. The van der Waals surface area contributed by atoms with E-state index in [2.05, 4.69) is 0 Å². The molecule has 210 valence electrons. The second-order valence-electron chi connectivity index (χ2n) is 10.2. The van der Waals surface area contributed by atoms with E-state index in [0.29, 0.717) is 42.8 Å². The lowest BCUT2D eigenvalue weighted by Gasteiger charge is -2.13. The maximum atomic E-state index is 13.5. The lowest BCUT2D eigenvalue weighted by Crippen LogP contribution is -2.08. The van der Waals surface area contributed by atoms with Crippen LogP contribution >= 0.6 is 0 Å². The summed E-state index contributed by atoms with van der Waals surface area (Å²) < 4.78 is 17.3. The zero-order valence-corrected chi connectivity index (χ0v) is 22.9. The molecule has 0 aliphatic heterocycles. The number of phenols is 2. The molecule has 0 saturated heterocycles.